The molecule has 1 aliphatic rings. The van der Waals surface area contributed by atoms with E-state index in [0.717, 1.165) is 5.75 Å². The largest absolute Gasteiger partial charge is 0.340 e. The van der Waals surface area contributed by atoms with Gasteiger partial charge in [-0.3, -0.25) is 14.5 Å². The molecule has 0 spiro atoms. The quantitative estimate of drug-likeness (QED) is 0.705. The number of hydrogen-bond acceptors (Lipinski definition) is 4. The molecular formula is C22H26FN3O2S. The summed E-state index contributed by atoms with van der Waals surface area (Å²) in [7, 11) is 0. The second-order valence-electron chi connectivity index (χ2n) is 7.18. The molecule has 1 unspecified atom stereocenters. The molecule has 0 saturated carbocycles. The van der Waals surface area contributed by atoms with Crippen LogP contribution < -0.4 is 5.32 Å². The molecule has 0 aliphatic carbocycles. The summed E-state index contributed by atoms with van der Waals surface area (Å²) >= 11 is 1.70. The van der Waals surface area contributed by atoms with Gasteiger partial charge in [0, 0.05) is 48.4 Å². The standard InChI is InChI=1S/C22H26FN3O2S/c1-17(16-29-20-5-3-2-4-6-20)22(28)26-13-11-25(12-14-26)15-21(27)24-19-9-7-18(23)8-10-19/h2-10,17H,11-16H2,1H3,(H,24,27). The Hall–Kier alpha value is -2.38. The zero-order chi connectivity index (χ0) is 20.6. The summed E-state index contributed by atoms with van der Waals surface area (Å²) in [4.78, 5) is 30.0. The van der Waals surface area contributed by atoms with Crippen molar-refractivity contribution in [2.45, 2.75) is 11.8 Å². The molecule has 1 atom stereocenters. The average molecular weight is 416 g/mol. The van der Waals surface area contributed by atoms with E-state index in [1.165, 1.54) is 17.0 Å². The van der Waals surface area contributed by atoms with Crippen molar-refractivity contribution >= 4 is 29.3 Å². The molecule has 3 rings (SSSR count). The molecule has 5 nitrogen and oxygen atoms in total. The summed E-state index contributed by atoms with van der Waals surface area (Å²) in [5, 5.41) is 2.77. The Morgan fingerprint density at radius 3 is 2.34 bits per heavy atom. The summed E-state index contributed by atoms with van der Waals surface area (Å²) < 4.78 is 12.9. The van der Waals surface area contributed by atoms with Crippen LogP contribution in [0.4, 0.5) is 10.1 Å². The van der Waals surface area contributed by atoms with Crippen molar-refractivity contribution in [3.05, 3.63) is 60.4 Å². The number of rotatable bonds is 7. The van der Waals surface area contributed by atoms with E-state index in [1.54, 1.807) is 23.9 Å². The molecule has 154 valence electrons. The van der Waals surface area contributed by atoms with Gasteiger partial charge in [0.15, 0.2) is 0 Å². The zero-order valence-corrected chi connectivity index (χ0v) is 17.3. The first-order chi connectivity index (χ1) is 14.0. The molecular weight excluding hydrogens is 389 g/mol. The van der Waals surface area contributed by atoms with Gasteiger partial charge in [-0.2, -0.15) is 0 Å². The number of anilines is 1. The minimum atomic E-state index is -0.333. The van der Waals surface area contributed by atoms with Crippen molar-refractivity contribution in [2.24, 2.45) is 5.92 Å². The third kappa shape index (κ3) is 6.58. The number of piperazine rings is 1. The topological polar surface area (TPSA) is 52.7 Å². The van der Waals surface area contributed by atoms with E-state index in [1.807, 2.05) is 34.9 Å². The van der Waals surface area contributed by atoms with Crippen molar-refractivity contribution < 1.29 is 14.0 Å². The second kappa shape index (κ2) is 10.4. The summed E-state index contributed by atoms with van der Waals surface area (Å²) in [6, 6.07) is 15.8. The van der Waals surface area contributed by atoms with Gasteiger partial charge < -0.3 is 10.2 Å². The van der Waals surface area contributed by atoms with Gasteiger partial charge in [-0.05, 0) is 36.4 Å². The van der Waals surface area contributed by atoms with E-state index >= 15 is 0 Å². The molecule has 1 fully saturated rings. The summed E-state index contributed by atoms with van der Waals surface area (Å²) in [6.45, 7) is 4.83. The molecule has 29 heavy (non-hydrogen) atoms. The van der Waals surface area contributed by atoms with Crippen molar-refractivity contribution in [1.29, 1.82) is 0 Å². The van der Waals surface area contributed by atoms with Gasteiger partial charge in [-0.25, -0.2) is 4.39 Å². The lowest BCUT2D eigenvalue weighted by Crippen LogP contribution is -2.51. The Morgan fingerprint density at radius 2 is 1.69 bits per heavy atom. The highest BCUT2D eigenvalue weighted by molar-refractivity contribution is 7.99. The van der Waals surface area contributed by atoms with Crippen LogP contribution >= 0.6 is 11.8 Å². The van der Waals surface area contributed by atoms with Gasteiger partial charge in [-0.15, -0.1) is 11.8 Å². The molecule has 2 amide bonds. The molecule has 1 aliphatic heterocycles. The number of carbonyl (C=O) groups excluding carboxylic acids is 2. The van der Waals surface area contributed by atoms with E-state index in [2.05, 4.69) is 17.4 Å². The molecule has 0 aromatic heterocycles. The van der Waals surface area contributed by atoms with E-state index in [4.69, 9.17) is 0 Å². The van der Waals surface area contributed by atoms with E-state index in [9.17, 15) is 14.0 Å². The first-order valence-corrected chi connectivity index (χ1v) is 10.7. The van der Waals surface area contributed by atoms with Gasteiger partial charge in [-0.1, -0.05) is 25.1 Å². The molecule has 1 heterocycles. The number of amides is 2. The van der Waals surface area contributed by atoms with E-state index < -0.39 is 0 Å². The van der Waals surface area contributed by atoms with Crippen LogP contribution in [0.25, 0.3) is 0 Å². The molecule has 2 aromatic rings. The van der Waals surface area contributed by atoms with Gasteiger partial charge in [0.2, 0.25) is 11.8 Å². The number of carbonyl (C=O) groups is 2. The zero-order valence-electron chi connectivity index (χ0n) is 16.5. The second-order valence-corrected chi connectivity index (χ2v) is 8.28. The van der Waals surface area contributed by atoms with Crippen LogP contribution in [0.5, 0.6) is 0 Å². The third-order valence-corrected chi connectivity index (χ3v) is 6.12. The van der Waals surface area contributed by atoms with Crippen LogP contribution in [0.15, 0.2) is 59.5 Å². The van der Waals surface area contributed by atoms with Crippen LogP contribution in [0, 0.1) is 11.7 Å². The van der Waals surface area contributed by atoms with Gasteiger partial charge in [0.1, 0.15) is 5.82 Å². The lowest BCUT2D eigenvalue weighted by atomic mass is 10.1. The SMILES string of the molecule is CC(CSc1ccccc1)C(=O)N1CCN(CC(=O)Nc2ccc(F)cc2)CC1. The van der Waals surface area contributed by atoms with Crippen molar-refractivity contribution in [1.82, 2.24) is 9.80 Å². The number of thioether (sulfide) groups is 1. The number of benzene rings is 2. The first kappa shape index (κ1) is 21.3. The van der Waals surface area contributed by atoms with Crippen LogP contribution in [0.1, 0.15) is 6.92 Å². The Labute approximate surface area is 175 Å². The summed E-state index contributed by atoms with van der Waals surface area (Å²) in [5.41, 5.74) is 0.579. The van der Waals surface area contributed by atoms with Gasteiger partial charge in [0.05, 0.1) is 6.54 Å². The van der Waals surface area contributed by atoms with Crippen molar-refractivity contribution in [2.75, 3.05) is 43.8 Å². The first-order valence-electron chi connectivity index (χ1n) is 9.75. The third-order valence-electron chi connectivity index (χ3n) is 4.84. The van der Waals surface area contributed by atoms with E-state index in [-0.39, 0.29) is 30.1 Å². The van der Waals surface area contributed by atoms with Crippen LogP contribution in [-0.4, -0.2) is 60.1 Å². The Morgan fingerprint density at radius 1 is 1.03 bits per heavy atom. The molecule has 0 bridgehead atoms. The lowest BCUT2D eigenvalue weighted by Gasteiger charge is -2.35. The number of hydrogen-bond donors (Lipinski definition) is 1. The highest BCUT2D eigenvalue weighted by atomic mass is 32.2. The maximum Gasteiger partial charge on any atom is 0.238 e. The fraction of sp³-hybridized carbons (Fsp3) is 0.364. The minimum Gasteiger partial charge on any atom is -0.340 e. The molecule has 1 N–H and O–H groups in total. The van der Waals surface area contributed by atoms with Gasteiger partial charge >= 0.3 is 0 Å². The Kier molecular flexibility index (Phi) is 7.66. The predicted molar refractivity (Wildman–Crippen MR) is 114 cm³/mol. The van der Waals surface area contributed by atoms with Gasteiger partial charge in [0.25, 0.3) is 0 Å². The normalized spacial score (nSPS) is 15.7. The number of nitrogens with zero attached hydrogens (tertiary/aromatic N) is 2. The summed E-state index contributed by atoms with van der Waals surface area (Å²) in [5.74, 6) is 0.407. The number of nitrogens with one attached hydrogen (secondary N) is 1. The van der Waals surface area contributed by atoms with Crippen molar-refractivity contribution in [3.63, 3.8) is 0 Å². The molecule has 0 radical (unpaired) electrons. The minimum absolute atomic E-state index is 0.0477. The molecule has 2 aromatic carbocycles. The fourth-order valence-corrected chi connectivity index (χ4v) is 4.12. The van der Waals surface area contributed by atoms with Crippen molar-refractivity contribution in [3.8, 4) is 0 Å². The maximum atomic E-state index is 12.9. The highest BCUT2D eigenvalue weighted by Gasteiger charge is 2.25. The van der Waals surface area contributed by atoms with Crippen LogP contribution in [0.3, 0.4) is 0 Å². The number of halogens is 1. The average Bonchev–Trinajstić information content (AvgIpc) is 2.74. The Bertz CT molecular complexity index is 809. The Balaban J connectivity index is 1.39. The van der Waals surface area contributed by atoms with Crippen LogP contribution in [0.2, 0.25) is 0 Å². The molecule has 7 heteroatoms. The lowest BCUT2D eigenvalue weighted by molar-refractivity contribution is -0.136. The highest BCUT2D eigenvalue weighted by Crippen LogP contribution is 2.21. The predicted octanol–water partition coefficient (Wildman–Crippen LogP) is 3.34. The van der Waals surface area contributed by atoms with Crippen LogP contribution in [-0.2, 0) is 9.59 Å². The monoisotopic (exact) mass is 415 g/mol. The maximum absolute atomic E-state index is 12.9. The molecule has 1 saturated heterocycles. The summed E-state index contributed by atoms with van der Waals surface area (Å²) in [6.07, 6.45) is 0. The fourth-order valence-electron chi connectivity index (χ4n) is 3.18. The smallest absolute Gasteiger partial charge is 0.238 e. The van der Waals surface area contributed by atoms with E-state index in [0.29, 0.717) is 31.9 Å².